The molecule has 0 saturated carbocycles. The Kier molecular flexibility index (Phi) is 4.71. The van der Waals surface area contributed by atoms with Crippen molar-refractivity contribution >= 4 is 12.6 Å². The predicted octanol–water partition coefficient (Wildman–Crippen LogP) is 4.22. The Morgan fingerprint density at radius 1 is 1.15 bits per heavy atom. The summed E-state index contributed by atoms with van der Waals surface area (Å²) >= 11 is 4.25. The maximum absolute atomic E-state index is 12.6. The summed E-state index contributed by atoms with van der Waals surface area (Å²) in [6.07, 6.45) is 0.925. The fourth-order valence-electron chi connectivity index (χ4n) is 2.30. The van der Waals surface area contributed by atoms with Gasteiger partial charge in [-0.1, -0.05) is 42.8 Å². The molecule has 3 heteroatoms. The predicted molar refractivity (Wildman–Crippen MR) is 88.6 cm³/mol. The van der Waals surface area contributed by atoms with E-state index in [-0.39, 0.29) is 11.6 Å². The van der Waals surface area contributed by atoms with Crippen LogP contribution >= 0.6 is 12.6 Å². The highest BCUT2D eigenvalue weighted by atomic mass is 32.1. The van der Waals surface area contributed by atoms with Crippen molar-refractivity contribution in [2.45, 2.75) is 39.0 Å². The molecule has 2 aromatic rings. The van der Waals surface area contributed by atoms with E-state index in [9.17, 15) is 4.79 Å². The van der Waals surface area contributed by atoms with E-state index in [0.29, 0.717) is 5.75 Å². The van der Waals surface area contributed by atoms with Gasteiger partial charge in [-0.3, -0.25) is 4.79 Å². The molecule has 1 heterocycles. The molecule has 0 saturated heterocycles. The van der Waals surface area contributed by atoms with Crippen LogP contribution in [-0.4, -0.2) is 4.57 Å². The second-order valence-electron chi connectivity index (χ2n) is 5.20. The average molecular weight is 287 g/mol. The molecule has 0 fully saturated rings. The smallest absolute Gasteiger partial charge is 0.255 e. The van der Waals surface area contributed by atoms with Gasteiger partial charge in [0.25, 0.3) is 5.56 Å². The van der Waals surface area contributed by atoms with E-state index < -0.39 is 0 Å². The normalized spacial score (nSPS) is 12.4. The van der Waals surface area contributed by atoms with Gasteiger partial charge in [-0.05, 0) is 31.9 Å². The van der Waals surface area contributed by atoms with Crippen LogP contribution < -0.4 is 5.56 Å². The van der Waals surface area contributed by atoms with Crippen LogP contribution in [0.2, 0.25) is 0 Å². The quantitative estimate of drug-likeness (QED) is 0.835. The van der Waals surface area contributed by atoms with Crippen molar-refractivity contribution in [3.05, 3.63) is 57.9 Å². The van der Waals surface area contributed by atoms with Gasteiger partial charge >= 0.3 is 0 Å². The van der Waals surface area contributed by atoms with Gasteiger partial charge in [0, 0.05) is 17.4 Å². The number of aromatic nitrogens is 1. The van der Waals surface area contributed by atoms with E-state index in [4.69, 9.17) is 0 Å². The fraction of sp³-hybridized carbons (Fsp3) is 0.353. The topological polar surface area (TPSA) is 22.0 Å². The zero-order valence-electron chi connectivity index (χ0n) is 12.3. The molecule has 1 unspecified atom stereocenters. The molecule has 1 aromatic heterocycles. The number of benzene rings is 1. The Hall–Kier alpha value is -1.48. The summed E-state index contributed by atoms with van der Waals surface area (Å²) in [6.45, 7) is 6.25. The molecule has 1 aromatic carbocycles. The Labute approximate surface area is 125 Å². The van der Waals surface area contributed by atoms with Gasteiger partial charge in [-0.25, -0.2) is 0 Å². The number of hydrogen-bond acceptors (Lipinski definition) is 2. The maximum atomic E-state index is 12.6. The molecule has 2 rings (SSSR count). The number of hydrogen-bond donors (Lipinski definition) is 1. The SMILES string of the molecule is CCC(C)n1c(-c2ccc(C)cc2)ccc(CS)c1=O. The van der Waals surface area contributed by atoms with Gasteiger partial charge in [0.15, 0.2) is 0 Å². The van der Waals surface area contributed by atoms with Crippen molar-refractivity contribution in [1.29, 1.82) is 0 Å². The summed E-state index contributed by atoms with van der Waals surface area (Å²) in [5, 5.41) is 0. The standard InChI is InChI=1S/C17H21NOS/c1-4-13(3)18-16(10-9-15(11-20)17(18)19)14-7-5-12(2)6-8-14/h5-10,13,20H,4,11H2,1-3H3. The van der Waals surface area contributed by atoms with Gasteiger partial charge in [0.2, 0.25) is 0 Å². The minimum atomic E-state index is 0.0763. The number of nitrogens with zero attached hydrogens (tertiary/aromatic N) is 1. The average Bonchev–Trinajstić information content (AvgIpc) is 2.47. The van der Waals surface area contributed by atoms with Crippen molar-refractivity contribution in [2.75, 3.05) is 0 Å². The summed E-state index contributed by atoms with van der Waals surface area (Å²) < 4.78 is 1.90. The number of rotatable bonds is 4. The number of aryl methyl sites for hydroxylation is 1. The summed E-state index contributed by atoms with van der Waals surface area (Å²) in [5.74, 6) is 0.476. The largest absolute Gasteiger partial charge is 0.305 e. The number of pyridine rings is 1. The summed E-state index contributed by atoms with van der Waals surface area (Å²) in [4.78, 5) is 12.6. The third kappa shape index (κ3) is 2.83. The molecule has 106 valence electrons. The Balaban J connectivity index is 2.66. The van der Waals surface area contributed by atoms with E-state index >= 15 is 0 Å². The fourth-order valence-corrected chi connectivity index (χ4v) is 2.54. The molecule has 20 heavy (non-hydrogen) atoms. The molecule has 1 atom stereocenters. The Bertz CT molecular complexity index is 643. The van der Waals surface area contributed by atoms with Gasteiger partial charge in [-0.15, -0.1) is 0 Å². The first-order chi connectivity index (χ1) is 9.58. The lowest BCUT2D eigenvalue weighted by Crippen LogP contribution is -2.27. The molecule has 0 aliphatic rings. The van der Waals surface area contributed by atoms with Gasteiger partial charge < -0.3 is 4.57 Å². The van der Waals surface area contributed by atoms with Crippen LogP contribution in [0.5, 0.6) is 0 Å². The van der Waals surface area contributed by atoms with E-state index in [1.165, 1.54) is 5.56 Å². The lowest BCUT2D eigenvalue weighted by molar-refractivity contribution is 0.517. The van der Waals surface area contributed by atoms with Gasteiger partial charge in [0.05, 0.1) is 5.69 Å². The molecule has 0 aliphatic heterocycles. The Morgan fingerprint density at radius 3 is 2.35 bits per heavy atom. The van der Waals surface area contributed by atoms with Crippen molar-refractivity contribution in [2.24, 2.45) is 0 Å². The monoisotopic (exact) mass is 287 g/mol. The van der Waals surface area contributed by atoms with Crippen molar-refractivity contribution in [1.82, 2.24) is 4.57 Å². The van der Waals surface area contributed by atoms with Crippen LogP contribution in [0, 0.1) is 6.92 Å². The zero-order valence-corrected chi connectivity index (χ0v) is 13.2. The van der Waals surface area contributed by atoms with Crippen LogP contribution in [0.3, 0.4) is 0 Å². The molecule has 0 radical (unpaired) electrons. The van der Waals surface area contributed by atoms with Crippen LogP contribution in [0.1, 0.15) is 37.4 Å². The molecule has 0 N–H and O–H groups in total. The van der Waals surface area contributed by atoms with E-state index in [2.05, 4.69) is 57.7 Å². The van der Waals surface area contributed by atoms with Crippen LogP contribution in [0.25, 0.3) is 11.3 Å². The molecular formula is C17H21NOS. The van der Waals surface area contributed by atoms with E-state index in [1.807, 2.05) is 16.7 Å². The van der Waals surface area contributed by atoms with Gasteiger partial charge in [0.1, 0.15) is 0 Å². The third-order valence-electron chi connectivity index (χ3n) is 3.74. The van der Waals surface area contributed by atoms with E-state index in [0.717, 1.165) is 23.2 Å². The highest BCUT2D eigenvalue weighted by molar-refractivity contribution is 7.79. The molecule has 0 spiro atoms. The van der Waals surface area contributed by atoms with Gasteiger partial charge in [-0.2, -0.15) is 12.6 Å². The molecule has 0 aliphatic carbocycles. The summed E-state index contributed by atoms with van der Waals surface area (Å²) in [6, 6.07) is 12.4. The van der Waals surface area contributed by atoms with Crippen molar-refractivity contribution in [3.8, 4) is 11.3 Å². The second-order valence-corrected chi connectivity index (χ2v) is 5.52. The first-order valence-corrected chi connectivity index (χ1v) is 7.64. The summed E-state index contributed by atoms with van der Waals surface area (Å²) in [5.41, 5.74) is 4.11. The highest BCUT2D eigenvalue weighted by Gasteiger charge is 2.13. The Morgan fingerprint density at radius 2 is 1.80 bits per heavy atom. The number of thiol groups is 1. The minimum Gasteiger partial charge on any atom is -0.305 e. The van der Waals surface area contributed by atoms with Crippen molar-refractivity contribution < 1.29 is 0 Å². The maximum Gasteiger partial charge on any atom is 0.255 e. The first kappa shape index (κ1) is 14.9. The molecule has 0 amide bonds. The van der Waals surface area contributed by atoms with Crippen LogP contribution in [-0.2, 0) is 5.75 Å². The molecule has 2 nitrogen and oxygen atoms in total. The van der Waals surface area contributed by atoms with Crippen LogP contribution in [0.15, 0.2) is 41.2 Å². The van der Waals surface area contributed by atoms with Crippen molar-refractivity contribution in [3.63, 3.8) is 0 Å². The lowest BCUT2D eigenvalue weighted by atomic mass is 10.1. The highest BCUT2D eigenvalue weighted by Crippen LogP contribution is 2.23. The van der Waals surface area contributed by atoms with E-state index in [1.54, 1.807) is 0 Å². The zero-order chi connectivity index (χ0) is 14.7. The molecule has 0 bridgehead atoms. The summed E-state index contributed by atoms with van der Waals surface area (Å²) in [7, 11) is 0. The molecular weight excluding hydrogens is 266 g/mol. The first-order valence-electron chi connectivity index (χ1n) is 7.00. The lowest BCUT2D eigenvalue weighted by Gasteiger charge is -2.20. The third-order valence-corrected chi connectivity index (χ3v) is 4.09. The van der Waals surface area contributed by atoms with Crippen LogP contribution in [0.4, 0.5) is 0 Å². The minimum absolute atomic E-state index is 0.0763. The second kappa shape index (κ2) is 6.31.